The average Bonchev–Trinajstić information content (AvgIpc) is 3.35. The molecule has 0 bridgehead atoms. The summed E-state index contributed by atoms with van der Waals surface area (Å²) in [6, 6.07) is 12.9. The standard InChI is InChI=1S/C23H26ClN3O3/c1-4-26(15-22(28)25-13-18-7-9-19(24)10-8-18)23(29)21-12-16(2)27(17(21)3)14-20-6-5-11-30-20/h5-12H,4,13-15H2,1-3H3,(H,25,28). The van der Waals surface area contributed by atoms with E-state index in [1.807, 2.05) is 55.7 Å². The van der Waals surface area contributed by atoms with Gasteiger partial charge in [-0.25, -0.2) is 0 Å². The SMILES string of the molecule is CCN(CC(=O)NCc1ccc(Cl)cc1)C(=O)c1cc(C)n(Cc2ccco2)c1C. The highest BCUT2D eigenvalue weighted by atomic mass is 35.5. The van der Waals surface area contributed by atoms with Gasteiger partial charge in [0.05, 0.1) is 24.9 Å². The van der Waals surface area contributed by atoms with Crippen LogP contribution in [0.5, 0.6) is 0 Å². The van der Waals surface area contributed by atoms with E-state index in [1.165, 1.54) is 0 Å². The molecule has 0 fully saturated rings. The Morgan fingerprint density at radius 1 is 1.17 bits per heavy atom. The zero-order valence-electron chi connectivity index (χ0n) is 17.4. The first-order chi connectivity index (χ1) is 14.4. The normalized spacial score (nSPS) is 10.8. The zero-order chi connectivity index (χ0) is 21.7. The van der Waals surface area contributed by atoms with Crippen molar-refractivity contribution in [1.29, 1.82) is 0 Å². The van der Waals surface area contributed by atoms with Crippen LogP contribution in [-0.4, -0.2) is 34.4 Å². The number of nitrogens with zero attached hydrogens (tertiary/aromatic N) is 2. The Kier molecular flexibility index (Phi) is 7.00. The second kappa shape index (κ2) is 9.67. The predicted octanol–water partition coefficient (Wildman–Crippen LogP) is 4.18. The molecule has 1 aromatic carbocycles. The second-order valence-corrected chi connectivity index (χ2v) is 7.61. The van der Waals surface area contributed by atoms with E-state index < -0.39 is 0 Å². The fourth-order valence-corrected chi connectivity index (χ4v) is 3.48. The first-order valence-corrected chi connectivity index (χ1v) is 10.3. The van der Waals surface area contributed by atoms with Crippen molar-refractivity contribution in [2.45, 2.75) is 33.9 Å². The van der Waals surface area contributed by atoms with Crippen molar-refractivity contribution in [1.82, 2.24) is 14.8 Å². The quantitative estimate of drug-likeness (QED) is 0.586. The van der Waals surface area contributed by atoms with Gasteiger partial charge in [-0.05, 0) is 56.7 Å². The number of amides is 2. The number of benzene rings is 1. The summed E-state index contributed by atoms with van der Waals surface area (Å²) >= 11 is 5.88. The van der Waals surface area contributed by atoms with Crippen LogP contribution in [-0.2, 0) is 17.9 Å². The molecule has 6 nitrogen and oxygen atoms in total. The zero-order valence-corrected chi connectivity index (χ0v) is 18.2. The third-order valence-corrected chi connectivity index (χ3v) is 5.36. The molecule has 0 unspecified atom stereocenters. The Hall–Kier alpha value is -2.99. The summed E-state index contributed by atoms with van der Waals surface area (Å²) in [5.41, 5.74) is 3.37. The predicted molar refractivity (Wildman–Crippen MR) is 117 cm³/mol. The van der Waals surface area contributed by atoms with E-state index in [9.17, 15) is 9.59 Å². The molecule has 3 aromatic rings. The van der Waals surface area contributed by atoms with Crippen LogP contribution in [0.15, 0.2) is 53.1 Å². The van der Waals surface area contributed by atoms with Gasteiger partial charge in [-0.1, -0.05) is 23.7 Å². The molecule has 158 valence electrons. The van der Waals surface area contributed by atoms with Crippen LogP contribution in [0, 0.1) is 13.8 Å². The second-order valence-electron chi connectivity index (χ2n) is 7.17. The summed E-state index contributed by atoms with van der Waals surface area (Å²) in [7, 11) is 0. The molecule has 0 radical (unpaired) electrons. The van der Waals surface area contributed by atoms with Crippen molar-refractivity contribution >= 4 is 23.4 Å². The van der Waals surface area contributed by atoms with Crippen molar-refractivity contribution in [2.24, 2.45) is 0 Å². The number of rotatable bonds is 8. The molecule has 2 amide bonds. The molecule has 2 aromatic heterocycles. The average molecular weight is 428 g/mol. The van der Waals surface area contributed by atoms with E-state index in [2.05, 4.69) is 5.32 Å². The lowest BCUT2D eigenvalue weighted by Crippen LogP contribution is -2.40. The number of aromatic nitrogens is 1. The Morgan fingerprint density at radius 2 is 1.90 bits per heavy atom. The van der Waals surface area contributed by atoms with E-state index in [-0.39, 0.29) is 18.4 Å². The smallest absolute Gasteiger partial charge is 0.256 e. The van der Waals surface area contributed by atoms with Crippen molar-refractivity contribution in [2.75, 3.05) is 13.1 Å². The topological polar surface area (TPSA) is 67.5 Å². The molecular formula is C23H26ClN3O3. The summed E-state index contributed by atoms with van der Waals surface area (Å²) < 4.78 is 7.47. The third kappa shape index (κ3) is 5.13. The molecule has 2 heterocycles. The number of furan rings is 1. The van der Waals surface area contributed by atoms with Crippen LogP contribution < -0.4 is 5.32 Å². The van der Waals surface area contributed by atoms with Gasteiger partial charge in [0.1, 0.15) is 5.76 Å². The molecule has 1 N–H and O–H groups in total. The third-order valence-electron chi connectivity index (χ3n) is 5.10. The van der Waals surface area contributed by atoms with Crippen LogP contribution in [0.4, 0.5) is 0 Å². The lowest BCUT2D eigenvalue weighted by atomic mass is 10.2. The van der Waals surface area contributed by atoms with Gasteiger partial charge in [-0.2, -0.15) is 0 Å². The van der Waals surface area contributed by atoms with Gasteiger partial charge < -0.3 is 19.2 Å². The van der Waals surface area contributed by atoms with Gasteiger partial charge in [-0.3, -0.25) is 9.59 Å². The Bertz CT molecular complexity index is 1010. The molecule has 7 heteroatoms. The molecule has 0 spiro atoms. The van der Waals surface area contributed by atoms with E-state index in [0.29, 0.717) is 30.2 Å². The van der Waals surface area contributed by atoms with Crippen LogP contribution in [0.3, 0.4) is 0 Å². The maximum Gasteiger partial charge on any atom is 0.256 e. The molecule has 3 rings (SSSR count). The van der Waals surface area contributed by atoms with E-state index in [4.69, 9.17) is 16.0 Å². The summed E-state index contributed by atoms with van der Waals surface area (Å²) in [4.78, 5) is 27.1. The van der Waals surface area contributed by atoms with Gasteiger partial charge in [0.15, 0.2) is 0 Å². The monoisotopic (exact) mass is 427 g/mol. The number of aryl methyl sites for hydroxylation is 1. The lowest BCUT2D eigenvalue weighted by Gasteiger charge is -2.20. The minimum Gasteiger partial charge on any atom is -0.467 e. The summed E-state index contributed by atoms with van der Waals surface area (Å²) in [6.07, 6.45) is 1.64. The van der Waals surface area contributed by atoms with Gasteiger partial charge in [0.25, 0.3) is 5.91 Å². The van der Waals surface area contributed by atoms with E-state index >= 15 is 0 Å². The number of carbonyl (C=O) groups excluding carboxylic acids is 2. The summed E-state index contributed by atoms with van der Waals surface area (Å²) in [5, 5.41) is 3.51. The lowest BCUT2D eigenvalue weighted by molar-refractivity contribution is -0.121. The summed E-state index contributed by atoms with van der Waals surface area (Å²) in [5.74, 6) is 0.465. The van der Waals surface area contributed by atoms with Crippen LogP contribution in [0.1, 0.15) is 40.0 Å². The number of hydrogen-bond acceptors (Lipinski definition) is 3. The molecule has 0 aliphatic heterocycles. The van der Waals surface area contributed by atoms with E-state index in [0.717, 1.165) is 22.7 Å². The number of likely N-dealkylation sites (N-methyl/N-ethyl adjacent to an activating group) is 1. The van der Waals surface area contributed by atoms with Crippen LogP contribution in [0.2, 0.25) is 5.02 Å². The molecule has 0 aliphatic carbocycles. The molecule has 0 saturated carbocycles. The Labute approximate surface area is 181 Å². The molecule has 0 saturated heterocycles. The first-order valence-electron chi connectivity index (χ1n) is 9.88. The minimum atomic E-state index is -0.204. The Balaban J connectivity index is 1.65. The molecule has 0 atom stereocenters. The maximum absolute atomic E-state index is 13.1. The fraction of sp³-hybridized carbons (Fsp3) is 0.304. The van der Waals surface area contributed by atoms with Crippen molar-refractivity contribution in [3.63, 3.8) is 0 Å². The molecule has 0 aliphatic rings. The first kappa shape index (κ1) is 21.7. The van der Waals surface area contributed by atoms with Gasteiger partial charge in [-0.15, -0.1) is 0 Å². The van der Waals surface area contributed by atoms with Crippen molar-refractivity contribution < 1.29 is 14.0 Å². The highest BCUT2D eigenvalue weighted by Gasteiger charge is 2.22. The minimum absolute atomic E-state index is 0.00474. The van der Waals surface area contributed by atoms with Gasteiger partial charge in [0, 0.05) is 29.5 Å². The van der Waals surface area contributed by atoms with Gasteiger partial charge in [0.2, 0.25) is 5.91 Å². The number of hydrogen-bond donors (Lipinski definition) is 1. The Morgan fingerprint density at radius 3 is 2.53 bits per heavy atom. The van der Waals surface area contributed by atoms with Crippen molar-refractivity contribution in [3.8, 4) is 0 Å². The molecular weight excluding hydrogens is 402 g/mol. The number of nitrogens with one attached hydrogen (secondary N) is 1. The van der Waals surface area contributed by atoms with Crippen molar-refractivity contribution in [3.05, 3.63) is 82.0 Å². The summed E-state index contributed by atoms with van der Waals surface area (Å²) in [6.45, 7) is 7.14. The van der Waals surface area contributed by atoms with Crippen LogP contribution in [0.25, 0.3) is 0 Å². The largest absolute Gasteiger partial charge is 0.467 e. The fourth-order valence-electron chi connectivity index (χ4n) is 3.35. The van der Waals surface area contributed by atoms with Crippen LogP contribution >= 0.6 is 11.6 Å². The van der Waals surface area contributed by atoms with Gasteiger partial charge >= 0.3 is 0 Å². The molecule has 30 heavy (non-hydrogen) atoms. The highest BCUT2D eigenvalue weighted by Crippen LogP contribution is 2.19. The number of halogens is 1. The highest BCUT2D eigenvalue weighted by molar-refractivity contribution is 6.30. The van der Waals surface area contributed by atoms with E-state index in [1.54, 1.807) is 23.3 Å². The number of carbonyl (C=O) groups is 2. The maximum atomic E-state index is 13.1.